The van der Waals surface area contributed by atoms with E-state index < -0.39 is 12.7 Å². The molecule has 7 heteroatoms. The number of guanidine groups is 1. The Bertz CT molecular complexity index is 545. The second kappa shape index (κ2) is 10.4. The van der Waals surface area contributed by atoms with Gasteiger partial charge in [0.05, 0.1) is 6.54 Å². The molecule has 4 nitrogen and oxygen atoms in total. The Kier molecular flexibility index (Phi) is 8.22. The SMILES string of the molecule is CCNC(=NCC1CCN(CC(F)(F)F)C1)NCCCc1ccccc1. The van der Waals surface area contributed by atoms with E-state index in [1.165, 1.54) is 10.5 Å². The van der Waals surface area contributed by atoms with Crippen molar-refractivity contribution in [1.29, 1.82) is 0 Å². The lowest BCUT2D eigenvalue weighted by molar-refractivity contribution is -0.143. The van der Waals surface area contributed by atoms with Gasteiger partial charge in [0.25, 0.3) is 0 Å². The molecular formula is C19H29F3N4. The van der Waals surface area contributed by atoms with Crippen molar-refractivity contribution < 1.29 is 13.2 Å². The average molecular weight is 370 g/mol. The van der Waals surface area contributed by atoms with Crippen LogP contribution in [0.4, 0.5) is 13.2 Å². The molecule has 0 aliphatic carbocycles. The van der Waals surface area contributed by atoms with E-state index in [0.717, 1.165) is 38.3 Å². The van der Waals surface area contributed by atoms with E-state index in [1.807, 2.05) is 25.1 Å². The van der Waals surface area contributed by atoms with Crippen molar-refractivity contribution in [2.24, 2.45) is 10.9 Å². The number of benzene rings is 1. The molecule has 0 radical (unpaired) electrons. The van der Waals surface area contributed by atoms with Crippen LogP contribution >= 0.6 is 0 Å². The number of aryl methyl sites for hydroxylation is 1. The van der Waals surface area contributed by atoms with Gasteiger partial charge < -0.3 is 10.6 Å². The number of hydrogen-bond acceptors (Lipinski definition) is 2. The molecule has 2 rings (SSSR count). The smallest absolute Gasteiger partial charge is 0.357 e. The van der Waals surface area contributed by atoms with Crippen LogP contribution in [0, 0.1) is 5.92 Å². The van der Waals surface area contributed by atoms with Crippen molar-refractivity contribution in [3.05, 3.63) is 35.9 Å². The van der Waals surface area contributed by atoms with Gasteiger partial charge in [0, 0.05) is 26.2 Å². The number of nitrogens with zero attached hydrogens (tertiary/aromatic N) is 2. The van der Waals surface area contributed by atoms with Gasteiger partial charge in [-0.1, -0.05) is 30.3 Å². The van der Waals surface area contributed by atoms with Crippen LogP contribution in [0.25, 0.3) is 0 Å². The first kappa shape index (κ1) is 20.6. The summed E-state index contributed by atoms with van der Waals surface area (Å²) >= 11 is 0. The number of alkyl halides is 3. The molecule has 0 spiro atoms. The third-order valence-electron chi connectivity index (χ3n) is 4.40. The Labute approximate surface area is 153 Å². The van der Waals surface area contributed by atoms with E-state index in [4.69, 9.17) is 0 Å². The number of rotatable bonds is 8. The number of hydrogen-bond donors (Lipinski definition) is 2. The fourth-order valence-corrected chi connectivity index (χ4v) is 3.17. The molecule has 1 heterocycles. The van der Waals surface area contributed by atoms with Crippen molar-refractivity contribution >= 4 is 5.96 Å². The fourth-order valence-electron chi connectivity index (χ4n) is 3.17. The van der Waals surface area contributed by atoms with Crippen LogP contribution in [0.5, 0.6) is 0 Å². The predicted molar refractivity (Wildman–Crippen MR) is 99.3 cm³/mol. The van der Waals surface area contributed by atoms with Crippen LogP contribution in [0.1, 0.15) is 25.3 Å². The molecule has 146 valence electrons. The maximum atomic E-state index is 12.5. The van der Waals surface area contributed by atoms with E-state index in [9.17, 15) is 13.2 Å². The highest BCUT2D eigenvalue weighted by Gasteiger charge is 2.34. The van der Waals surface area contributed by atoms with Gasteiger partial charge in [0.1, 0.15) is 0 Å². The lowest BCUT2D eigenvalue weighted by atomic mass is 10.1. The van der Waals surface area contributed by atoms with Crippen molar-refractivity contribution in [3.63, 3.8) is 0 Å². The first-order chi connectivity index (χ1) is 12.5. The largest absolute Gasteiger partial charge is 0.401 e. The van der Waals surface area contributed by atoms with Crippen LogP contribution in [0.2, 0.25) is 0 Å². The lowest BCUT2D eigenvalue weighted by Crippen LogP contribution is -2.38. The Morgan fingerprint density at radius 2 is 2.00 bits per heavy atom. The Balaban J connectivity index is 1.71. The molecule has 0 aromatic heterocycles. The van der Waals surface area contributed by atoms with Gasteiger partial charge in [0.15, 0.2) is 5.96 Å². The fraction of sp³-hybridized carbons (Fsp3) is 0.632. The minimum Gasteiger partial charge on any atom is -0.357 e. The highest BCUT2D eigenvalue weighted by Crippen LogP contribution is 2.22. The molecule has 0 bridgehead atoms. The average Bonchev–Trinajstić information content (AvgIpc) is 3.02. The second-order valence-electron chi connectivity index (χ2n) is 6.74. The summed E-state index contributed by atoms with van der Waals surface area (Å²) in [5, 5.41) is 6.51. The lowest BCUT2D eigenvalue weighted by Gasteiger charge is -2.17. The van der Waals surface area contributed by atoms with Crippen LogP contribution in [0.3, 0.4) is 0 Å². The Hall–Kier alpha value is -1.76. The minimum atomic E-state index is -4.12. The van der Waals surface area contributed by atoms with E-state index in [-0.39, 0.29) is 5.92 Å². The molecule has 0 amide bonds. The molecule has 26 heavy (non-hydrogen) atoms. The highest BCUT2D eigenvalue weighted by molar-refractivity contribution is 5.79. The van der Waals surface area contributed by atoms with Crippen LogP contribution in [-0.2, 0) is 6.42 Å². The Morgan fingerprint density at radius 1 is 1.23 bits per heavy atom. The molecule has 0 saturated carbocycles. The van der Waals surface area contributed by atoms with Crippen molar-refractivity contribution in [2.75, 3.05) is 39.3 Å². The number of likely N-dealkylation sites (tertiary alicyclic amines) is 1. The topological polar surface area (TPSA) is 39.7 Å². The maximum absolute atomic E-state index is 12.5. The summed E-state index contributed by atoms with van der Waals surface area (Å²) in [7, 11) is 0. The second-order valence-corrected chi connectivity index (χ2v) is 6.74. The summed E-state index contributed by atoms with van der Waals surface area (Å²) in [6, 6.07) is 10.3. The van der Waals surface area contributed by atoms with Crippen molar-refractivity contribution in [3.8, 4) is 0 Å². The van der Waals surface area contributed by atoms with E-state index >= 15 is 0 Å². The zero-order valence-corrected chi connectivity index (χ0v) is 15.4. The zero-order chi connectivity index (χ0) is 18.8. The summed E-state index contributed by atoms with van der Waals surface area (Å²) in [4.78, 5) is 6.03. The van der Waals surface area contributed by atoms with Gasteiger partial charge in [0.2, 0.25) is 0 Å². The molecule has 1 aliphatic rings. The van der Waals surface area contributed by atoms with E-state index in [0.29, 0.717) is 19.6 Å². The molecule has 1 fully saturated rings. The van der Waals surface area contributed by atoms with Crippen molar-refractivity contribution in [2.45, 2.75) is 32.4 Å². The molecule has 1 aromatic carbocycles. The quantitative estimate of drug-likeness (QED) is 0.420. The zero-order valence-electron chi connectivity index (χ0n) is 15.4. The summed E-state index contributed by atoms with van der Waals surface area (Å²) in [5.41, 5.74) is 1.31. The minimum absolute atomic E-state index is 0.192. The monoisotopic (exact) mass is 370 g/mol. The number of nitrogens with one attached hydrogen (secondary N) is 2. The van der Waals surface area contributed by atoms with Crippen LogP contribution < -0.4 is 10.6 Å². The standard InChI is InChI=1S/C19H29F3N4/c1-2-23-18(24-11-6-9-16-7-4-3-5-8-16)25-13-17-10-12-26(14-17)15-19(20,21)22/h3-5,7-8,17H,2,6,9-15H2,1H3,(H2,23,24,25). The van der Waals surface area contributed by atoms with Gasteiger partial charge in [-0.05, 0) is 44.2 Å². The Morgan fingerprint density at radius 3 is 2.69 bits per heavy atom. The van der Waals surface area contributed by atoms with Gasteiger partial charge in [-0.25, -0.2) is 0 Å². The van der Waals surface area contributed by atoms with Crippen LogP contribution in [0.15, 0.2) is 35.3 Å². The first-order valence-electron chi connectivity index (χ1n) is 9.31. The molecular weight excluding hydrogens is 341 g/mol. The molecule has 1 aliphatic heterocycles. The summed E-state index contributed by atoms with van der Waals surface area (Å²) < 4.78 is 37.4. The van der Waals surface area contributed by atoms with Gasteiger partial charge in [-0.2, -0.15) is 13.2 Å². The van der Waals surface area contributed by atoms with Gasteiger partial charge in [-0.3, -0.25) is 9.89 Å². The van der Waals surface area contributed by atoms with E-state index in [1.54, 1.807) is 0 Å². The number of aliphatic imine (C=N–C) groups is 1. The summed E-state index contributed by atoms with van der Waals surface area (Å²) in [5.74, 6) is 0.937. The van der Waals surface area contributed by atoms with E-state index in [2.05, 4.69) is 27.8 Å². The van der Waals surface area contributed by atoms with Gasteiger partial charge >= 0.3 is 6.18 Å². The summed E-state index contributed by atoms with van der Waals surface area (Å²) in [6.45, 7) is 4.29. The molecule has 1 aromatic rings. The molecule has 1 atom stereocenters. The highest BCUT2D eigenvalue weighted by atomic mass is 19.4. The normalized spacial score (nSPS) is 18.9. The van der Waals surface area contributed by atoms with Crippen molar-refractivity contribution in [1.82, 2.24) is 15.5 Å². The third kappa shape index (κ3) is 8.08. The number of halogens is 3. The predicted octanol–water partition coefficient (Wildman–Crippen LogP) is 3.06. The molecule has 1 unspecified atom stereocenters. The maximum Gasteiger partial charge on any atom is 0.401 e. The summed E-state index contributed by atoms with van der Waals surface area (Å²) in [6.07, 6.45) is -1.35. The molecule has 1 saturated heterocycles. The van der Waals surface area contributed by atoms with Gasteiger partial charge in [-0.15, -0.1) is 0 Å². The molecule has 2 N–H and O–H groups in total. The third-order valence-corrected chi connectivity index (χ3v) is 4.40. The van der Waals surface area contributed by atoms with Crippen LogP contribution in [-0.4, -0.2) is 56.3 Å². The first-order valence-corrected chi connectivity index (χ1v) is 9.31.